The maximum absolute atomic E-state index is 12.7. The van der Waals surface area contributed by atoms with Crippen molar-refractivity contribution in [3.63, 3.8) is 0 Å². The summed E-state index contributed by atoms with van der Waals surface area (Å²) in [4.78, 5) is 14.6. The van der Waals surface area contributed by atoms with E-state index >= 15 is 0 Å². The molecule has 1 atom stereocenters. The first kappa shape index (κ1) is 17.5. The van der Waals surface area contributed by atoms with Crippen molar-refractivity contribution >= 4 is 11.6 Å². The molecule has 0 bridgehead atoms. The molecule has 1 amide bonds. The monoisotopic (exact) mass is 338 g/mol. The number of amides is 1. The number of ether oxygens (including phenoxy) is 1. The average molecular weight is 338 g/mol. The number of aryl methyl sites for hydroxylation is 2. The molecule has 1 saturated heterocycles. The fraction of sp³-hybridized carbons (Fsp3) is 0.381. The molecule has 0 saturated carbocycles. The Kier molecular flexibility index (Phi) is 5.71. The summed E-state index contributed by atoms with van der Waals surface area (Å²) in [5, 5.41) is 0. The van der Waals surface area contributed by atoms with E-state index in [4.69, 9.17) is 10.5 Å². The van der Waals surface area contributed by atoms with Crippen LogP contribution in [-0.4, -0.2) is 36.6 Å². The minimum atomic E-state index is 0.0557. The Hall–Kier alpha value is -2.33. The van der Waals surface area contributed by atoms with Crippen LogP contribution in [0.1, 0.15) is 34.3 Å². The molecule has 0 aliphatic carbocycles. The molecule has 1 heterocycles. The highest BCUT2D eigenvalue weighted by Crippen LogP contribution is 2.20. The molecule has 2 N–H and O–H groups in total. The molecule has 0 radical (unpaired) electrons. The maximum atomic E-state index is 12.7. The third-order valence-corrected chi connectivity index (χ3v) is 4.73. The molecule has 1 aliphatic rings. The van der Waals surface area contributed by atoms with E-state index in [9.17, 15) is 4.79 Å². The first-order valence-corrected chi connectivity index (χ1v) is 8.94. The van der Waals surface area contributed by atoms with Crippen molar-refractivity contribution in [3.05, 3.63) is 65.2 Å². The summed E-state index contributed by atoms with van der Waals surface area (Å²) >= 11 is 0. The van der Waals surface area contributed by atoms with Gasteiger partial charge in [0.25, 0.3) is 5.91 Å². The first-order valence-electron chi connectivity index (χ1n) is 8.94. The highest BCUT2D eigenvalue weighted by molar-refractivity contribution is 5.96. The Bertz CT molecular complexity index is 715. The number of hydrogen-bond donors (Lipinski definition) is 1. The molecule has 1 fully saturated rings. The molecule has 1 aliphatic heterocycles. The predicted molar refractivity (Wildman–Crippen MR) is 101 cm³/mol. The van der Waals surface area contributed by atoms with Gasteiger partial charge in [0.2, 0.25) is 0 Å². The molecule has 4 nitrogen and oxygen atoms in total. The summed E-state index contributed by atoms with van der Waals surface area (Å²) in [7, 11) is 0. The van der Waals surface area contributed by atoms with Crippen molar-refractivity contribution in [1.82, 2.24) is 4.90 Å². The number of carbonyl (C=O) groups excluding carboxylic acids is 1. The maximum Gasteiger partial charge on any atom is 0.254 e. The minimum Gasteiger partial charge on any atom is -0.399 e. The second-order valence-electron chi connectivity index (χ2n) is 6.70. The van der Waals surface area contributed by atoms with Crippen LogP contribution in [0.15, 0.2) is 48.5 Å². The molecule has 2 aromatic carbocycles. The van der Waals surface area contributed by atoms with Crippen LogP contribution >= 0.6 is 0 Å². The molecule has 3 rings (SSSR count). The van der Waals surface area contributed by atoms with Gasteiger partial charge in [-0.3, -0.25) is 4.79 Å². The Labute approximate surface area is 149 Å². The predicted octanol–water partition coefficient (Wildman–Crippen LogP) is 3.44. The molecule has 2 aromatic rings. The SMILES string of the molecule is Cc1ccc(N)cc1C(=O)N1CCC(OCCCc2ccccc2)C1. The van der Waals surface area contributed by atoms with Crippen molar-refractivity contribution in [2.45, 2.75) is 32.3 Å². The van der Waals surface area contributed by atoms with Crippen LogP contribution in [0, 0.1) is 6.92 Å². The number of carbonyl (C=O) groups is 1. The van der Waals surface area contributed by atoms with E-state index in [1.54, 1.807) is 6.07 Å². The number of hydrogen-bond acceptors (Lipinski definition) is 3. The van der Waals surface area contributed by atoms with E-state index in [2.05, 4.69) is 24.3 Å². The lowest BCUT2D eigenvalue weighted by Gasteiger charge is -2.18. The smallest absolute Gasteiger partial charge is 0.254 e. The van der Waals surface area contributed by atoms with Crippen LogP contribution in [0.4, 0.5) is 5.69 Å². The van der Waals surface area contributed by atoms with Gasteiger partial charge in [0.05, 0.1) is 6.10 Å². The summed E-state index contributed by atoms with van der Waals surface area (Å²) in [6, 6.07) is 15.9. The van der Waals surface area contributed by atoms with Crippen molar-refractivity contribution in [1.29, 1.82) is 0 Å². The summed E-state index contributed by atoms with van der Waals surface area (Å²) in [6.07, 6.45) is 3.07. The van der Waals surface area contributed by atoms with Crippen molar-refractivity contribution < 1.29 is 9.53 Å². The normalized spacial score (nSPS) is 17.0. The zero-order valence-corrected chi connectivity index (χ0v) is 14.8. The third kappa shape index (κ3) is 4.60. The Morgan fingerprint density at radius 1 is 1.24 bits per heavy atom. The fourth-order valence-electron chi connectivity index (χ4n) is 3.26. The molecule has 0 aromatic heterocycles. The van der Waals surface area contributed by atoms with Gasteiger partial charge < -0.3 is 15.4 Å². The number of rotatable bonds is 6. The average Bonchev–Trinajstić information content (AvgIpc) is 3.10. The van der Waals surface area contributed by atoms with Gasteiger partial charge in [-0.15, -0.1) is 0 Å². The molecular formula is C21H26N2O2. The molecule has 132 valence electrons. The van der Waals surface area contributed by atoms with E-state index in [0.29, 0.717) is 17.8 Å². The molecule has 4 heteroatoms. The Balaban J connectivity index is 1.45. The highest BCUT2D eigenvalue weighted by atomic mass is 16.5. The van der Waals surface area contributed by atoms with Gasteiger partial charge in [-0.1, -0.05) is 36.4 Å². The Morgan fingerprint density at radius 3 is 2.84 bits per heavy atom. The lowest BCUT2D eigenvalue weighted by Crippen LogP contribution is -2.30. The van der Waals surface area contributed by atoms with E-state index in [0.717, 1.165) is 38.0 Å². The number of nitrogens with two attached hydrogens (primary N) is 1. The van der Waals surface area contributed by atoms with Crippen molar-refractivity contribution in [2.24, 2.45) is 0 Å². The molecule has 25 heavy (non-hydrogen) atoms. The summed E-state index contributed by atoms with van der Waals surface area (Å²) in [6.45, 7) is 4.09. The van der Waals surface area contributed by atoms with Crippen LogP contribution in [-0.2, 0) is 11.2 Å². The quantitative estimate of drug-likeness (QED) is 0.648. The highest BCUT2D eigenvalue weighted by Gasteiger charge is 2.28. The lowest BCUT2D eigenvalue weighted by atomic mass is 10.1. The lowest BCUT2D eigenvalue weighted by molar-refractivity contribution is 0.0524. The number of anilines is 1. The summed E-state index contributed by atoms with van der Waals surface area (Å²) in [5.74, 6) is 0.0557. The van der Waals surface area contributed by atoms with Gasteiger partial charge in [0, 0.05) is 30.9 Å². The van der Waals surface area contributed by atoms with Crippen molar-refractivity contribution in [2.75, 3.05) is 25.4 Å². The second-order valence-corrected chi connectivity index (χ2v) is 6.70. The van der Waals surface area contributed by atoms with Gasteiger partial charge in [0.15, 0.2) is 0 Å². The van der Waals surface area contributed by atoms with E-state index in [1.165, 1.54) is 5.56 Å². The van der Waals surface area contributed by atoms with Gasteiger partial charge >= 0.3 is 0 Å². The number of nitrogens with zero attached hydrogens (tertiary/aromatic N) is 1. The number of nitrogen functional groups attached to an aromatic ring is 1. The first-order chi connectivity index (χ1) is 12.1. The summed E-state index contributed by atoms with van der Waals surface area (Å²) < 4.78 is 5.98. The standard InChI is InChI=1S/C21H26N2O2/c1-16-9-10-18(22)14-20(16)21(24)23-12-11-19(15-23)25-13-5-8-17-6-3-2-4-7-17/h2-4,6-7,9-10,14,19H,5,8,11-13,15,22H2,1H3. The van der Waals surface area contributed by atoms with E-state index in [-0.39, 0.29) is 12.0 Å². The van der Waals surface area contributed by atoms with Gasteiger partial charge in [-0.25, -0.2) is 0 Å². The topological polar surface area (TPSA) is 55.6 Å². The molecular weight excluding hydrogens is 312 g/mol. The van der Waals surface area contributed by atoms with Crippen LogP contribution in [0.25, 0.3) is 0 Å². The zero-order valence-electron chi connectivity index (χ0n) is 14.8. The fourth-order valence-corrected chi connectivity index (χ4v) is 3.26. The van der Waals surface area contributed by atoms with Gasteiger partial charge in [-0.05, 0) is 49.4 Å². The van der Waals surface area contributed by atoms with Gasteiger partial charge in [0.1, 0.15) is 0 Å². The minimum absolute atomic E-state index is 0.0557. The number of likely N-dealkylation sites (tertiary alicyclic amines) is 1. The van der Waals surface area contributed by atoms with Crippen LogP contribution in [0.2, 0.25) is 0 Å². The van der Waals surface area contributed by atoms with Gasteiger partial charge in [-0.2, -0.15) is 0 Å². The van der Waals surface area contributed by atoms with E-state index in [1.807, 2.05) is 30.0 Å². The van der Waals surface area contributed by atoms with Crippen LogP contribution in [0.5, 0.6) is 0 Å². The van der Waals surface area contributed by atoms with E-state index < -0.39 is 0 Å². The van der Waals surface area contributed by atoms with Crippen LogP contribution < -0.4 is 5.73 Å². The number of benzene rings is 2. The third-order valence-electron chi connectivity index (χ3n) is 4.73. The second kappa shape index (κ2) is 8.17. The zero-order chi connectivity index (χ0) is 17.6. The Morgan fingerprint density at radius 2 is 2.04 bits per heavy atom. The summed E-state index contributed by atoms with van der Waals surface area (Å²) in [5.41, 5.74) is 9.45. The molecule has 1 unspecified atom stereocenters. The molecule has 0 spiro atoms. The van der Waals surface area contributed by atoms with Crippen LogP contribution in [0.3, 0.4) is 0 Å². The van der Waals surface area contributed by atoms with Crippen molar-refractivity contribution in [3.8, 4) is 0 Å². The largest absolute Gasteiger partial charge is 0.399 e.